The average Bonchev–Trinajstić information content (AvgIpc) is 2.91. The van der Waals surface area contributed by atoms with Gasteiger partial charge in [0.05, 0.1) is 5.16 Å². The first-order valence-electron chi connectivity index (χ1n) is 13.8. The molecular formula is C33H46BrP. The Hall–Kier alpha value is -1.43. The van der Waals surface area contributed by atoms with Crippen LogP contribution in [0, 0.1) is 0 Å². The van der Waals surface area contributed by atoms with Crippen molar-refractivity contribution in [2.45, 2.75) is 89.1 Å². The monoisotopic (exact) mass is 552 g/mol. The summed E-state index contributed by atoms with van der Waals surface area (Å²) < 4.78 is 0. The number of rotatable bonds is 17. The lowest BCUT2D eigenvalue weighted by Crippen LogP contribution is -2.24. The molecule has 0 heterocycles. The standard InChI is InChI=1S/C33H45P.BrH/c1-2-3-4-5-6-7-8-9-10-11-12-22-29-34-33(30-23-16-13-17-24-30,31-25-18-14-19-26-31)32-27-20-15-21-28-32;/h13-21,23-28,34H,2-12,22,29H2,1H3;1H. The lowest BCUT2D eigenvalue weighted by Gasteiger charge is -2.36. The van der Waals surface area contributed by atoms with Crippen molar-refractivity contribution in [1.82, 2.24) is 0 Å². The van der Waals surface area contributed by atoms with Crippen LogP contribution in [0.4, 0.5) is 0 Å². The first kappa shape index (κ1) is 29.8. The van der Waals surface area contributed by atoms with Gasteiger partial charge >= 0.3 is 0 Å². The summed E-state index contributed by atoms with van der Waals surface area (Å²) >= 11 is 0. The van der Waals surface area contributed by atoms with Crippen LogP contribution in [0.25, 0.3) is 0 Å². The predicted octanol–water partition coefficient (Wildman–Crippen LogP) is 10.9. The van der Waals surface area contributed by atoms with Gasteiger partial charge in [-0.05, 0) is 29.3 Å². The molecule has 3 rings (SSSR count). The van der Waals surface area contributed by atoms with Gasteiger partial charge in [0.25, 0.3) is 0 Å². The molecule has 0 aromatic heterocycles. The molecule has 3 aromatic carbocycles. The van der Waals surface area contributed by atoms with Gasteiger partial charge in [0.2, 0.25) is 0 Å². The van der Waals surface area contributed by atoms with Gasteiger partial charge in [-0.3, -0.25) is 0 Å². The minimum Gasteiger partial charge on any atom is -0.114 e. The van der Waals surface area contributed by atoms with Crippen molar-refractivity contribution in [3.8, 4) is 0 Å². The predicted molar refractivity (Wildman–Crippen MR) is 164 cm³/mol. The summed E-state index contributed by atoms with van der Waals surface area (Å²) in [4.78, 5) is 0. The maximum Gasteiger partial charge on any atom is 0.0619 e. The summed E-state index contributed by atoms with van der Waals surface area (Å²) in [6.07, 6.45) is 18.2. The maximum absolute atomic E-state index is 2.33. The minimum absolute atomic E-state index is 0. The summed E-state index contributed by atoms with van der Waals surface area (Å²) in [6.45, 7) is 2.30. The van der Waals surface area contributed by atoms with E-state index < -0.39 is 0 Å². The first-order chi connectivity index (χ1) is 16.9. The fourth-order valence-electron chi connectivity index (χ4n) is 5.11. The highest BCUT2D eigenvalue weighted by Gasteiger charge is 2.35. The summed E-state index contributed by atoms with van der Waals surface area (Å²) in [6, 6.07) is 33.6. The zero-order valence-corrected chi connectivity index (χ0v) is 24.5. The molecule has 0 N–H and O–H groups in total. The molecule has 0 saturated heterocycles. The Labute approximate surface area is 227 Å². The van der Waals surface area contributed by atoms with Gasteiger partial charge < -0.3 is 0 Å². The van der Waals surface area contributed by atoms with Crippen LogP contribution in [0.3, 0.4) is 0 Å². The van der Waals surface area contributed by atoms with Gasteiger partial charge in [-0.2, -0.15) is 0 Å². The Balaban J connectivity index is 0.00000432. The molecule has 1 atom stereocenters. The van der Waals surface area contributed by atoms with Gasteiger partial charge in [-0.1, -0.05) is 169 Å². The second-order valence-electron chi connectivity index (χ2n) is 9.66. The van der Waals surface area contributed by atoms with Crippen molar-refractivity contribution in [2.24, 2.45) is 0 Å². The zero-order valence-electron chi connectivity index (χ0n) is 21.8. The normalized spacial score (nSPS) is 11.6. The van der Waals surface area contributed by atoms with Crippen molar-refractivity contribution in [3.63, 3.8) is 0 Å². The van der Waals surface area contributed by atoms with E-state index in [1.165, 1.54) is 99.9 Å². The fourth-order valence-corrected chi connectivity index (χ4v) is 7.03. The van der Waals surface area contributed by atoms with Crippen molar-refractivity contribution in [1.29, 1.82) is 0 Å². The van der Waals surface area contributed by atoms with E-state index in [1.807, 2.05) is 0 Å². The van der Waals surface area contributed by atoms with Gasteiger partial charge in [-0.15, -0.1) is 25.6 Å². The van der Waals surface area contributed by atoms with E-state index in [-0.39, 0.29) is 22.1 Å². The number of hydrogen-bond acceptors (Lipinski definition) is 0. The number of benzene rings is 3. The molecule has 0 radical (unpaired) electrons. The lowest BCUT2D eigenvalue weighted by molar-refractivity contribution is 0.548. The molecule has 0 aliphatic heterocycles. The van der Waals surface area contributed by atoms with E-state index in [4.69, 9.17) is 0 Å². The van der Waals surface area contributed by atoms with Crippen LogP contribution in [-0.4, -0.2) is 6.16 Å². The summed E-state index contributed by atoms with van der Waals surface area (Å²) in [7, 11) is 0.838. The van der Waals surface area contributed by atoms with E-state index in [2.05, 4.69) is 97.9 Å². The highest BCUT2D eigenvalue weighted by Crippen LogP contribution is 2.52. The van der Waals surface area contributed by atoms with E-state index in [0.717, 1.165) is 8.58 Å². The zero-order chi connectivity index (χ0) is 23.7. The average molecular weight is 554 g/mol. The van der Waals surface area contributed by atoms with Crippen LogP contribution in [0.2, 0.25) is 0 Å². The molecule has 35 heavy (non-hydrogen) atoms. The summed E-state index contributed by atoms with van der Waals surface area (Å²) in [5, 5.41) is -0.0540. The Bertz CT molecular complexity index is 782. The van der Waals surface area contributed by atoms with Crippen LogP contribution < -0.4 is 0 Å². The van der Waals surface area contributed by atoms with E-state index in [9.17, 15) is 0 Å². The summed E-state index contributed by atoms with van der Waals surface area (Å²) in [5.74, 6) is 0. The van der Waals surface area contributed by atoms with Crippen molar-refractivity contribution >= 4 is 25.6 Å². The molecule has 190 valence electrons. The molecule has 0 saturated carbocycles. The van der Waals surface area contributed by atoms with Gasteiger partial charge in [0.1, 0.15) is 0 Å². The Kier molecular flexibility index (Phi) is 15.3. The van der Waals surface area contributed by atoms with Crippen LogP contribution in [-0.2, 0) is 5.16 Å². The molecular weight excluding hydrogens is 507 g/mol. The number of unbranched alkanes of at least 4 members (excludes halogenated alkanes) is 11. The van der Waals surface area contributed by atoms with Crippen LogP contribution in [0.1, 0.15) is 101 Å². The van der Waals surface area contributed by atoms with Crippen molar-refractivity contribution in [3.05, 3.63) is 108 Å². The molecule has 1 unspecified atom stereocenters. The third-order valence-electron chi connectivity index (χ3n) is 7.04. The second-order valence-corrected chi connectivity index (χ2v) is 11.3. The fraction of sp³-hybridized carbons (Fsp3) is 0.455. The van der Waals surface area contributed by atoms with E-state index >= 15 is 0 Å². The molecule has 0 spiro atoms. The van der Waals surface area contributed by atoms with Crippen molar-refractivity contribution < 1.29 is 0 Å². The quantitative estimate of drug-likeness (QED) is 0.0886. The molecule has 0 amide bonds. The van der Waals surface area contributed by atoms with Crippen LogP contribution in [0.5, 0.6) is 0 Å². The van der Waals surface area contributed by atoms with Gasteiger partial charge in [-0.25, -0.2) is 0 Å². The first-order valence-corrected chi connectivity index (χ1v) is 15.0. The largest absolute Gasteiger partial charge is 0.114 e. The third kappa shape index (κ3) is 9.51. The molecule has 3 aromatic rings. The lowest BCUT2D eigenvalue weighted by atomic mass is 9.84. The molecule has 0 nitrogen and oxygen atoms in total. The minimum atomic E-state index is -0.0540. The van der Waals surface area contributed by atoms with Gasteiger partial charge in [0, 0.05) is 0 Å². The Morgan fingerprint density at radius 2 is 0.771 bits per heavy atom. The SMILES string of the molecule is Br.CCCCCCCCCCCCCCPC(c1ccccc1)(c1ccccc1)c1ccccc1. The topological polar surface area (TPSA) is 0 Å². The molecule has 0 aliphatic carbocycles. The van der Waals surface area contributed by atoms with E-state index in [0.29, 0.717) is 0 Å². The number of halogens is 1. The Morgan fingerprint density at radius 1 is 0.457 bits per heavy atom. The van der Waals surface area contributed by atoms with Crippen LogP contribution >= 0.6 is 25.6 Å². The molecule has 0 aliphatic rings. The highest BCUT2D eigenvalue weighted by atomic mass is 79.9. The van der Waals surface area contributed by atoms with Crippen molar-refractivity contribution in [2.75, 3.05) is 6.16 Å². The molecule has 0 fully saturated rings. The summed E-state index contributed by atoms with van der Waals surface area (Å²) in [5.41, 5.74) is 4.26. The van der Waals surface area contributed by atoms with Crippen LogP contribution in [0.15, 0.2) is 91.0 Å². The number of hydrogen-bond donors (Lipinski definition) is 0. The third-order valence-corrected chi connectivity index (χ3v) is 9.04. The molecule has 2 heteroatoms. The smallest absolute Gasteiger partial charge is 0.0619 e. The van der Waals surface area contributed by atoms with E-state index in [1.54, 1.807) is 0 Å². The molecule has 0 bridgehead atoms. The second kappa shape index (κ2) is 17.9. The van der Waals surface area contributed by atoms with Gasteiger partial charge in [0.15, 0.2) is 0 Å². The Morgan fingerprint density at radius 3 is 1.11 bits per heavy atom. The maximum atomic E-state index is 2.33. The highest BCUT2D eigenvalue weighted by molar-refractivity contribution is 8.93.